The minimum atomic E-state index is -3.72. The van der Waals surface area contributed by atoms with Crippen LogP contribution in [0.25, 0.3) is 10.9 Å². The number of hydrogen-bond acceptors (Lipinski definition) is 7. The molecule has 29 heavy (non-hydrogen) atoms. The maximum absolute atomic E-state index is 11.4. The molecular formula is C20H23N5O3S. The van der Waals surface area contributed by atoms with Crippen LogP contribution in [0.4, 0.5) is 11.6 Å². The van der Waals surface area contributed by atoms with Gasteiger partial charge in [0.25, 0.3) is 0 Å². The van der Waals surface area contributed by atoms with Crippen LogP contribution in [0.1, 0.15) is 12.8 Å². The molecule has 8 nitrogen and oxygen atoms in total. The van der Waals surface area contributed by atoms with Crippen molar-refractivity contribution in [2.24, 2.45) is 11.1 Å². The molecule has 0 saturated carbocycles. The molecule has 2 heterocycles. The summed E-state index contributed by atoms with van der Waals surface area (Å²) in [5.74, 6) is 1.78. The first kappa shape index (κ1) is 19.6. The van der Waals surface area contributed by atoms with Gasteiger partial charge in [-0.25, -0.2) is 23.5 Å². The third-order valence-corrected chi connectivity index (χ3v) is 5.87. The molecule has 3 aromatic rings. The summed E-state index contributed by atoms with van der Waals surface area (Å²) in [5, 5.41) is 12.5. The SMILES string of the molecule is NS(=O)(=O)c1ccc(Nc2ncc3ccc(OCC4CCNCC4)cc3n2)cc1. The minimum absolute atomic E-state index is 0.0537. The highest BCUT2D eigenvalue weighted by atomic mass is 32.2. The summed E-state index contributed by atoms with van der Waals surface area (Å²) < 4.78 is 28.7. The number of anilines is 2. The van der Waals surface area contributed by atoms with Crippen molar-refractivity contribution in [3.63, 3.8) is 0 Å². The van der Waals surface area contributed by atoms with Crippen molar-refractivity contribution in [3.8, 4) is 5.75 Å². The van der Waals surface area contributed by atoms with Gasteiger partial charge in [0.15, 0.2) is 0 Å². The fourth-order valence-electron chi connectivity index (χ4n) is 3.27. The monoisotopic (exact) mass is 413 g/mol. The standard InChI is InChI=1S/C20H23N5O3S/c21-29(26,27)18-5-2-16(3-6-18)24-20-23-12-15-1-4-17(11-19(15)25-20)28-13-14-7-9-22-10-8-14/h1-6,11-12,14,22H,7-10,13H2,(H2,21,26,27)(H,23,24,25). The average Bonchev–Trinajstić information content (AvgIpc) is 2.72. The van der Waals surface area contributed by atoms with Crippen LogP contribution in [0.3, 0.4) is 0 Å². The van der Waals surface area contributed by atoms with Gasteiger partial charge in [-0.15, -0.1) is 0 Å². The number of nitrogens with two attached hydrogens (primary N) is 1. The molecule has 4 N–H and O–H groups in total. The zero-order valence-corrected chi connectivity index (χ0v) is 16.7. The quantitative estimate of drug-likeness (QED) is 0.568. The molecule has 152 valence electrons. The average molecular weight is 414 g/mol. The Morgan fingerprint density at radius 2 is 1.90 bits per heavy atom. The van der Waals surface area contributed by atoms with E-state index in [4.69, 9.17) is 9.88 Å². The number of hydrogen-bond donors (Lipinski definition) is 3. The predicted octanol–water partition coefficient (Wildman–Crippen LogP) is 2.40. The number of rotatable bonds is 6. The highest BCUT2D eigenvalue weighted by Crippen LogP contribution is 2.23. The molecule has 0 spiro atoms. The van der Waals surface area contributed by atoms with Gasteiger partial charge in [-0.05, 0) is 68.2 Å². The lowest BCUT2D eigenvalue weighted by Crippen LogP contribution is -2.30. The van der Waals surface area contributed by atoms with Crippen molar-refractivity contribution in [1.82, 2.24) is 15.3 Å². The number of aromatic nitrogens is 2. The van der Waals surface area contributed by atoms with Gasteiger partial charge in [0, 0.05) is 23.3 Å². The number of piperidine rings is 1. The molecule has 1 aromatic heterocycles. The lowest BCUT2D eigenvalue weighted by molar-refractivity contribution is 0.215. The number of benzene rings is 2. The molecule has 0 atom stereocenters. The number of sulfonamides is 1. The van der Waals surface area contributed by atoms with Crippen LogP contribution in [0.2, 0.25) is 0 Å². The van der Waals surface area contributed by atoms with Crippen LogP contribution in [0.5, 0.6) is 5.75 Å². The van der Waals surface area contributed by atoms with Gasteiger partial charge in [0.2, 0.25) is 16.0 Å². The first-order chi connectivity index (χ1) is 14.0. The minimum Gasteiger partial charge on any atom is -0.493 e. The smallest absolute Gasteiger partial charge is 0.238 e. The molecule has 0 bridgehead atoms. The molecule has 0 amide bonds. The molecule has 4 rings (SSSR count). The van der Waals surface area contributed by atoms with Gasteiger partial charge >= 0.3 is 0 Å². The second-order valence-corrected chi connectivity index (χ2v) is 8.67. The van der Waals surface area contributed by atoms with E-state index in [1.54, 1.807) is 18.3 Å². The summed E-state index contributed by atoms with van der Waals surface area (Å²) in [4.78, 5) is 8.91. The third kappa shape index (κ3) is 5.00. The van der Waals surface area contributed by atoms with Crippen LogP contribution in [0, 0.1) is 5.92 Å². The molecule has 0 aliphatic carbocycles. The fourth-order valence-corrected chi connectivity index (χ4v) is 3.79. The topological polar surface area (TPSA) is 119 Å². The molecular weight excluding hydrogens is 390 g/mol. The van der Waals surface area contributed by atoms with E-state index in [9.17, 15) is 8.42 Å². The highest BCUT2D eigenvalue weighted by molar-refractivity contribution is 7.89. The Labute approximate surface area is 169 Å². The van der Waals surface area contributed by atoms with E-state index in [0.717, 1.165) is 42.6 Å². The second kappa shape index (κ2) is 8.32. The first-order valence-corrected chi connectivity index (χ1v) is 11.0. The Balaban J connectivity index is 1.47. The number of nitrogens with one attached hydrogen (secondary N) is 2. The van der Waals surface area contributed by atoms with Gasteiger partial charge in [0.1, 0.15) is 5.75 Å². The van der Waals surface area contributed by atoms with E-state index in [1.807, 2.05) is 18.2 Å². The predicted molar refractivity (Wildman–Crippen MR) is 112 cm³/mol. The Hall–Kier alpha value is -2.75. The van der Waals surface area contributed by atoms with Crippen LogP contribution < -0.4 is 20.5 Å². The molecule has 1 saturated heterocycles. The van der Waals surface area contributed by atoms with Crippen molar-refractivity contribution < 1.29 is 13.2 Å². The van der Waals surface area contributed by atoms with Gasteiger partial charge < -0.3 is 15.4 Å². The highest BCUT2D eigenvalue weighted by Gasteiger charge is 2.14. The Morgan fingerprint density at radius 3 is 2.62 bits per heavy atom. The first-order valence-electron chi connectivity index (χ1n) is 9.47. The van der Waals surface area contributed by atoms with Crippen molar-refractivity contribution in [1.29, 1.82) is 0 Å². The van der Waals surface area contributed by atoms with Crippen LogP contribution in [-0.4, -0.2) is 38.1 Å². The van der Waals surface area contributed by atoms with Crippen molar-refractivity contribution >= 4 is 32.6 Å². The normalized spacial score (nSPS) is 15.3. The summed E-state index contributed by atoms with van der Waals surface area (Å²) in [7, 11) is -3.72. The lowest BCUT2D eigenvalue weighted by atomic mass is 9.99. The molecule has 0 radical (unpaired) electrons. The van der Waals surface area contributed by atoms with Crippen LogP contribution in [-0.2, 0) is 10.0 Å². The summed E-state index contributed by atoms with van der Waals surface area (Å²) in [5.41, 5.74) is 1.43. The molecule has 2 aromatic carbocycles. The van der Waals surface area contributed by atoms with Gasteiger partial charge in [-0.2, -0.15) is 0 Å². The maximum Gasteiger partial charge on any atom is 0.238 e. The molecule has 1 aliphatic heterocycles. The summed E-state index contributed by atoms with van der Waals surface area (Å²) in [6.45, 7) is 2.80. The van der Waals surface area contributed by atoms with Gasteiger partial charge in [-0.1, -0.05) is 0 Å². The van der Waals surface area contributed by atoms with E-state index in [2.05, 4.69) is 20.6 Å². The molecule has 9 heteroatoms. The summed E-state index contributed by atoms with van der Waals surface area (Å²) >= 11 is 0. The van der Waals surface area contributed by atoms with Crippen LogP contribution >= 0.6 is 0 Å². The zero-order valence-electron chi connectivity index (χ0n) is 15.8. The molecule has 1 aliphatic rings. The van der Waals surface area contributed by atoms with Crippen molar-refractivity contribution in [2.75, 3.05) is 25.0 Å². The lowest BCUT2D eigenvalue weighted by Gasteiger charge is -2.22. The van der Waals surface area contributed by atoms with Crippen molar-refractivity contribution in [2.45, 2.75) is 17.7 Å². The fraction of sp³-hybridized carbons (Fsp3) is 0.300. The Kier molecular flexibility index (Phi) is 5.61. The largest absolute Gasteiger partial charge is 0.493 e. The Bertz CT molecular complexity index is 1100. The number of nitrogens with zero attached hydrogens (tertiary/aromatic N) is 2. The second-order valence-electron chi connectivity index (χ2n) is 7.11. The third-order valence-electron chi connectivity index (χ3n) is 4.94. The van der Waals surface area contributed by atoms with Gasteiger partial charge in [-0.3, -0.25) is 0 Å². The van der Waals surface area contributed by atoms with E-state index in [-0.39, 0.29) is 4.90 Å². The zero-order chi connectivity index (χ0) is 20.3. The summed E-state index contributed by atoms with van der Waals surface area (Å²) in [6, 6.07) is 11.9. The Morgan fingerprint density at radius 1 is 1.14 bits per heavy atom. The number of fused-ring (bicyclic) bond motifs is 1. The number of ether oxygens (including phenoxy) is 1. The van der Waals surface area contributed by atoms with Crippen molar-refractivity contribution in [3.05, 3.63) is 48.7 Å². The molecule has 0 unspecified atom stereocenters. The van der Waals surface area contributed by atoms with Crippen LogP contribution in [0.15, 0.2) is 53.6 Å². The van der Waals surface area contributed by atoms with E-state index in [0.29, 0.717) is 24.2 Å². The number of primary sulfonamides is 1. The van der Waals surface area contributed by atoms with E-state index < -0.39 is 10.0 Å². The van der Waals surface area contributed by atoms with Gasteiger partial charge in [0.05, 0.1) is 17.0 Å². The maximum atomic E-state index is 11.4. The molecule has 1 fully saturated rings. The van der Waals surface area contributed by atoms with E-state index in [1.165, 1.54) is 12.1 Å². The van der Waals surface area contributed by atoms with E-state index >= 15 is 0 Å². The summed E-state index contributed by atoms with van der Waals surface area (Å²) in [6.07, 6.45) is 4.00.